The van der Waals surface area contributed by atoms with Crippen molar-refractivity contribution < 1.29 is 19.1 Å². The van der Waals surface area contributed by atoms with E-state index in [-0.39, 0.29) is 10.9 Å². The largest absolute Gasteiger partial charge is 0.538 e. The fourth-order valence-corrected chi connectivity index (χ4v) is 2.47. The van der Waals surface area contributed by atoms with Gasteiger partial charge in [0.15, 0.2) is 13.0 Å². The number of aromatic nitrogens is 2. The summed E-state index contributed by atoms with van der Waals surface area (Å²) in [5.41, 5.74) is 0.604. The van der Waals surface area contributed by atoms with E-state index in [2.05, 4.69) is 15.1 Å². The monoisotopic (exact) mass is 313 g/mol. The number of nitrogens with zero attached hydrogens (tertiary/aromatic N) is 2. The Kier molecular flexibility index (Phi) is 4.51. The molecule has 0 spiro atoms. The van der Waals surface area contributed by atoms with Crippen molar-refractivity contribution in [2.45, 2.75) is 17.2 Å². The first kappa shape index (κ1) is 14.7. The molecule has 20 heavy (non-hydrogen) atoms. The maximum Gasteiger partial charge on any atom is 0.291 e. The number of carbonyl (C=O) groups excluding carboxylic acids is 1. The number of hydrogen-bond donors (Lipinski definition) is 1. The average molecular weight is 314 g/mol. The van der Waals surface area contributed by atoms with E-state index < -0.39 is 11.2 Å². The summed E-state index contributed by atoms with van der Waals surface area (Å²) < 4.78 is 5.80. The number of amides is 1. The highest BCUT2D eigenvalue weighted by Gasteiger charge is 2.22. The van der Waals surface area contributed by atoms with Gasteiger partial charge < -0.3 is 14.9 Å². The molecule has 0 aliphatic rings. The summed E-state index contributed by atoms with van der Waals surface area (Å²) in [5, 5.41) is 17.9. The highest BCUT2D eigenvalue weighted by atomic mass is 35.5. The molecule has 0 aliphatic carbocycles. The maximum atomic E-state index is 12.0. The van der Waals surface area contributed by atoms with Crippen LogP contribution in [-0.4, -0.2) is 16.4 Å². The summed E-state index contributed by atoms with van der Waals surface area (Å²) in [7, 11) is 1.58. The van der Waals surface area contributed by atoms with Gasteiger partial charge in [-0.3, -0.25) is 4.79 Å². The van der Waals surface area contributed by atoms with Gasteiger partial charge in [0.2, 0.25) is 5.91 Å². The molecule has 6 nitrogen and oxygen atoms in total. The predicted octanol–water partition coefficient (Wildman–Crippen LogP) is 1.35. The molecule has 1 aromatic carbocycles. The van der Waals surface area contributed by atoms with E-state index in [4.69, 9.17) is 11.6 Å². The van der Waals surface area contributed by atoms with Gasteiger partial charge in [-0.05, 0) is 36.9 Å². The van der Waals surface area contributed by atoms with Crippen molar-refractivity contribution in [2.24, 2.45) is 7.05 Å². The summed E-state index contributed by atoms with van der Waals surface area (Å²) in [6, 6.07) is 6.84. The number of rotatable bonds is 4. The predicted molar refractivity (Wildman–Crippen MR) is 72.5 cm³/mol. The van der Waals surface area contributed by atoms with Crippen LogP contribution in [0.15, 0.2) is 33.8 Å². The first-order valence-corrected chi connectivity index (χ1v) is 6.99. The Morgan fingerprint density at radius 2 is 2.35 bits per heavy atom. The minimum atomic E-state index is -0.556. The molecule has 2 rings (SSSR count). The second-order valence-corrected chi connectivity index (χ2v) is 5.81. The molecule has 2 aromatic rings. The normalized spacial score (nSPS) is 12.2. The summed E-state index contributed by atoms with van der Waals surface area (Å²) in [6.07, 6.45) is 0. The number of hydrogen-bond acceptors (Lipinski definition) is 5. The van der Waals surface area contributed by atoms with E-state index in [9.17, 15) is 9.90 Å². The molecule has 8 heteroatoms. The molecule has 0 bridgehead atoms. The molecule has 1 heterocycles. The quantitative estimate of drug-likeness (QED) is 0.680. The van der Waals surface area contributed by atoms with Crippen LogP contribution in [0, 0.1) is 0 Å². The molecule has 1 atom stereocenters. The van der Waals surface area contributed by atoms with Crippen LogP contribution >= 0.6 is 23.4 Å². The lowest BCUT2D eigenvalue weighted by Crippen LogP contribution is -2.33. The molecule has 1 amide bonds. The molecular formula is C12H12ClN3O3S. The van der Waals surface area contributed by atoms with E-state index in [1.807, 2.05) is 0 Å². The fraction of sp³-hybridized carbons (Fsp3) is 0.250. The molecular weight excluding hydrogens is 302 g/mol. The Balaban J connectivity index is 2.02. The van der Waals surface area contributed by atoms with E-state index >= 15 is 0 Å². The van der Waals surface area contributed by atoms with Crippen LogP contribution in [0.4, 0.5) is 5.69 Å². The number of halogens is 1. The van der Waals surface area contributed by atoms with E-state index in [0.717, 1.165) is 11.8 Å². The number of aryl methyl sites for hydroxylation is 1. The Bertz CT molecular complexity index is 613. The third-order valence-corrected chi connectivity index (χ3v) is 3.92. The van der Waals surface area contributed by atoms with Crippen molar-refractivity contribution in [1.82, 2.24) is 5.27 Å². The Morgan fingerprint density at radius 3 is 2.95 bits per heavy atom. The highest BCUT2D eigenvalue weighted by molar-refractivity contribution is 8.00. The zero-order chi connectivity index (χ0) is 14.7. The molecule has 106 valence electrons. The van der Waals surface area contributed by atoms with Gasteiger partial charge in [-0.15, -0.1) is 0 Å². The van der Waals surface area contributed by atoms with Gasteiger partial charge in [0.1, 0.15) is 0 Å². The van der Waals surface area contributed by atoms with Gasteiger partial charge in [-0.1, -0.05) is 22.3 Å². The van der Waals surface area contributed by atoms with Gasteiger partial charge in [0.25, 0.3) is 5.03 Å². The van der Waals surface area contributed by atoms with E-state index in [0.29, 0.717) is 10.7 Å². The highest BCUT2D eigenvalue weighted by Crippen LogP contribution is 2.26. The van der Waals surface area contributed by atoms with Crippen LogP contribution in [0.2, 0.25) is 5.02 Å². The second kappa shape index (κ2) is 6.15. The van der Waals surface area contributed by atoms with Gasteiger partial charge in [0.05, 0.1) is 10.5 Å². The summed E-state index contributed by atoms with van der Waals surface area (Å²) >= 11 is 6.93. The number of benzene rings is 1. The van der Waals surface area contributed by atoms with E-state index in [1.54, 1.807) is 38.2 Å². The van der Waals surface area contributed by atoms with Crippen molar-refractivity contribution >= 4 is 35.0 Å². The topological polar surface area (TPSA) is 82.1 Å². The molecule has 1 N–H and O–H groups in total. The van der Waals surface area contributed by atoms with Gasteiger partial charge >= 0.3 is 0 Å². The van der Waals surface area contributed by atoms with Crippen LogP contribution in [-0.2, 0) is 11.8 Å². The minimum absolute atomic E-state index is 0.238. The molecule has 1 aromatic heterocycles. The average Bonchev–Trinajstić information content (AvgIpc) is 2.70. The van der Waals surface area contributed by atoms with Crippen molar-refractivity contribution in [1.29, 1.82) is 0 Å². The molecule has 1 unspecified atom stereocenters. The zero-order valence-corrected chi connectivity index (χ0v) is 12.4. The summed E-state index contributed by atoms with van der Waals surface area (Å²) in [5.74, 6) is -0.794. The van der Waals surface area contributed by atoms with Crippen LogP contribution in [0.3, 0.4) is 0 Å². The number of thioether (sulfide) groups is 1. The van der Waals surface area contributed by atoms with Crippen LogP contribution in [0.1, 0.15) is 6.92 Å². The van der Waals surface area contributed by atoms with E-state index in [1.165, 1.54) is 4.68 Å². The third kappa shape index (κ3) is 3.43. The lowest BCUT2D eigenvalue weighted by Gasteiger charge is -2.10. The second-order valence-electron chi connectivity index (χ2n) is 4.05. The van der Waals surface area contributed by atoms with Gasteiger partial charge in [0, 0.05) is 10.7 Å². The van der Waals surface area contributed by atoms with Crippen molar-refractivity contribution in [3.05, 3.63) is 29.3 Å². The smallest absolute Gasteiger partial charge is 0.291 e. The standard InChI is InChI=1S/C12H12ClN3O3S/c1-7(20-11-12(18)19-15-16(11)2)10(17)14-9-5-3-4-8(13)6-9/h3-7H,1-2H3,(H-,14,15,17,18). The first-order valence-electron chi connectivity index (χ1n) is 5.73. The summed E-state index contributed by atoms with van der Waals surface area (Å²) in [4.78, 5) is 12.0. The number of carbonyl (C=O) groups is 1. The Morgan fingerprint density at radius 1 is 1.60 bits per heavy atom. The molecule has 0 saturated carbocycles. The number of nitrogens with one attached hydrogen (secondary N) is 1. The molecule has 0 radical (unpaired) electrons. The van der Waals surface area contributed by atoms with Crippen LogP contribution in [0.25, 0.3) is 0 Å². The zero-order valence-electron chi connectivity index (χ0n) is 10.8. The first-order chi connectivity index (χ1) is 9.47. The van der Waals surface area contributed by atoms with Crippen LogP contribution in [0.5, 0.6) is 5.95 Å². The maximum absolute atomic E-state index is 12.0. The molecule has 0 fully saturated rings. The SMILES string of the molecule is CC(Sc1c([O-])on[n+]1C)C(=O)Nc1cccc(Cl)c1. The summed E-state index contributed by atoms with van der Waals surface area (Å²) in [6.45, 7) is 1.69. The van der Waals surface area contributed by atoms with Crippen molar-refractivity contribution in [3.63, 3.8) is 0 Å². The van der Waals surface area contributed by atoms with Crippen molar-refractivity contribution in [3.8, 4) is 5.95 Å². The lowest BCUT2D eigenvalue weighted by atomic mass is 10.3. The minimum Gasteiger partial charge on any atom is -0.538 e. The van der Waals surface area contributed by atoms with Crippen LogP contribution < -0.4 is 15.1 Å². The molecule has 0 aliphatic heterocycles. The number of anilines is 1. The van der Waals surface area contributed by atoms with Gasteiger partial charge in [-0.25, -0.2) is 0 Å². The Hall–Kier alpha value is -1.73. The van der Waals surface area contributed by atoms with Crippen molar-refractivity contribution in [2.75, 3.05) is 5.32 Å². The lowest BCUT2D eigenvalue weighted by molar-refractivity contribution is -0.772. The third-order valence-electron chi connectivity index (χ3n) is 2.46. The fourth-order valence-electron chi connectivity index (χ4n) is 1.46. The molecule has 0 saturated heterocycles. The Labute approximate surface area is 124 Å². The van der Waals surface area contributed by atoms with Gasteiger partial charge in [-0.2, -0.15) is 0 Å².